The summed E-state index contributed by atoms with van der Waals surface area (Å²) in [5.74, 6) is -0.520. The Morgan fingerprint density at radius 1 is 0.700 bits per heavy atom. The van der Waals surface area contributed by atoms with Crippen molar-refractivity contribution in [3.05, 3.63) is 35.3 Å². The molecule has 0 heterocycles. The average molecular weight is 423 g/mol. The molecule has 1 aromatic carbocycles. The van der Waals surface area contributed by atoms with E-state index in [9.17, 15) is 9.59 Å². The van der Waals surface area contributed by atoms with Gasteiger partial charge < -0.3 is 9.47 Å². The van der Waals surface area contributed by atoms with Crippen LogP contribution in [0.1, 0.15) is 118 Å². The second-order valence-corrected chi connectivity index (χ2v) is 8.72. The van der Waals surface area contributed by atoms with Gasteiger partial charge in [-0.15, -0.1) is 0 Å². The van der Waals surface area contributed by atoms with Crippen LogP contribution in [0.25, 0.3) is 0 Å². The van der Waals surface area contributed by atoms with Crippen LogP contribution in [-0.2, 0) is 9.47 Å². The van der Waals surface area contributed by atoms with E-state index in [1.54, 1.807) is 0 Å². The van der Waals surface area contributed by atoms with Gasteiger partial charge in [0.15, 0.2) is 0 Å². The summed E-state index contributed by atoms with van der Waals surface area (Å²) >= 11 is 0. The summed E-state index contributed by atoms with van der Waals surface area (Å²) in [5.41, 5.74) is -0.902. The van der Waals surface area contributed by atoms with Crippen LogP contribution in [0, 0.1) is 11.8 Å². The molecule has 0 unspecified atom stereocenters. The third kappa shape index (κ3) is 12.0. The van der Waals surface area contributed by atoms with Gasteiger partial charge in [0.2, 0.25) is 0 Å². The van der Waals surface area contributed by atoms with E-state index in [1.807, 2.05) is 0 Å². The maximum Gasteiger partial charge on any atom is 0.339 e. The van der Waals surface area contributed by atoms with Crippen molar-refractivity contribution >= 4 is 11.9 Å². The molecule has 0 aliphatic rings. The number of esters is 2. The van der Waals surface area contributed by atoms with Crippen molar-refractivity contribution in [3.8, 4) is 0 Å². The average Bonchev–Trinajstić information content (AvgIpc) is 2.77. The second kappa shape index (κ2) is 15.9. The minimum Gasteiger partial charge on any atom is -0.462 e. The normalized spacial score (nSPS) is 13.0. The largest absolute Gasteiger partial charge is 0.462 e. The fourth-order valence-corrected chi connectivity index (χ4v) is 3.11. The molecule has 1 rings (SSSR count). The van der Waals surface area contributed by atoms with E-state index in [4.69, 9.17) is 15.0 Å². The zero-order chi connectivity index (χ0) is 25.7. The number of rotatable bonds is 16. The van der Waals surface area contributed by atoms with Gasteiger partial charge in [-0.3, -0.25) is 0 Å². The Bertz CT molecular complexity index is 729. The Morgan fingerprint density at radius 3 is 1.43 bits per heavy atom. The Labute approximate surface area is 189 Å². The van der Waals surface area contributed by atoms with Gasteiger partial charge in [0.25, 0.3) is 0 Å². The summed E-state index contributed by atoms with van der Waals surface area (Å²) in [5, 5.41) is 0. The van der Waals surface area contributed by atoms with Gasteiger partial charge in [0.05, 0.1) is 29.8 Å². The molecule has 0 radical (unpaired) electrons. The predicted octanol–water partition coefficient (Wildman–Crippen LogP) is 7.21. The molecule has 0 amide bonds. The topological polar surface area (TPSA) is 52.6 Å². The Hall–Kier alpha value is -1.84. The molecule has 1 aromatic rings. The Balaban J connectivity index is 2.73. The van der Waals surface area contributed by atoms with Crippen molar-refractivity contribution in [1.82, 2.24) is 0 Å². The highest BCUT2D eigenvalue weighted by atomic mass is 16.5. The molecule has 30 heavy (non-hydrogen) atoms. The summed E-state index contributed by atoms with van der Waals surface area (Å²) in [7, 11) is 0. The smallest absolute Gasteiger partial charge is 0.339 e. The summed E-state index contributed by atoms with van der Waals surface area (Å²) in [6.45, 7) is 8.99. The molecule has 170 valence electrons. The lowest BCUT2D eigenvalue weighted by Gasteiger charge is -2.10. The first-order valence-corrected chi connectivity index (χ1v) is 11.5. The molecule has 0 atom stereocenters. The van der Waals surface area contributed by atoms with Crippen molar-refractivity contribution in [2.24, 2.45) is 11.8 Å². The third-order valence-corrected chi connectivity index (χ3v) is 4.91. The molecule has 0 aliphatic heterocycles. The van der Waals surface area contributed by atoms with E-state index in [0.717, 1.165) is 51.4 Å². The van der Waals surface area contributed by atoms with Gasteiger partial charge in [0.1, 0.15) is 0 Å². The van der Waals surface area contributed by atoms with E-state index in [-0.39, 0.29) is 13.2 Å². The van der Waals surface area contributed by atoms with Crippen molar-refractivity contribution < 1.29 is 24.5 Å². The number of hydrogen-bond donors (Lipinski definition) is 0. The molecular weight excluding hydrogens is 376 g/mol. The lowest BCUT2D eigenvalue weighted by molar-refractivity contribution is 0.0450. The summed E-state index contributed by atoms with van der Waals surface area (Å²) in [4.78, 5) is 25.4. The van der Waals surface area contributed by atoms with Crippen molar-refractivity contribution in [2.75, 3.05) is 13.2 Å². The SMILES string of the molecule is [2H]c1c([2H])c([2H])c(C(=O)OCCCCCCC(C)C)c(C(=O)OCCCCCCC(C)C)c1[2H]. The van der Waals surface area contributed by atoms with Gasteiger partial charge in [0, 0.05) is 0 Å². The Morgan fingerprint density at radius 2 is 1.07 bits per heavy atom. The standard InChI is InChI=1S/C26H42O4/c1-21(2)15-9-5-7-13-19-29-25(27)23-17-11-12-18-24(23)26(28)30-20-14-8-6-10-16-22(3)4/h11-12,17-18,21-22H,5-10,13-16,19-20H2,1-4H3/i11D,12D,17D,18D. The van der Waals surface area contributed by atoms with Gasteiger partial charge >= 0.3 is 11.9 Å². The second-order valence-electron chi connectivity index (χ2n) is 8.72. The maximum absolute atomic E-state index is 12.7. The highest BCUT2D eigenvalue weighted by Gasteiger charge is 2.18. The van der Waals surface area contributed by atoms with Crippen LogP contribution in [0.4, 0.5) is 0 Å². The lowest BCUT2D eigenvalue weighted by Crippen LogP contribution is -2.15. The van der Waals surface area contributed by atoms with Crippen molar-refractivity contribution in [3.63, 3.8) is 0 Å². The van der Waals surface area contributed by atoms with Crippen LogP contribution in [-0.4, -0.2) is 25.2 Å². The first-order chi connectivity index (χ1) is 16.1. The van der Waals surface area contributed by atoms with Crippen LogP contribution in [0.5, 0.6) is 0 Å². The van der Waals surface area contributed by atoms with Crippen LogP contribution in [0.2, 0.25) is 0 Å². The van der Waals surface area contributed by atoms with Gasteiger partial charge in [-0.1, -0.05) is 91.1 Å². The molecule has 0 bridgehead atoms. The van der Waals surface area contributed by atoms with Crippen LogP contribution in [0.3, 0.4) is 0 Å². The van der Waals surface area contributed by atoms with E-state index in [0.29, 0.717) is 24.7 Å². The van der Waals surface area contributed by atoms with Crippen LogP contribution in [0.15, 0.2) is 24.2 Å². The Kier molecular flexibility index (Phi) is 10.7. The number of carbonyl (C=O) groups is 2. The number of carbonyl (C=O) groups excluding carboxylic acids is 2. The first kappa shape index (κ1) is 20.1. The van der Waals surface area contributed by atoms with Crippen molar-refractivity contribution in [1.29, 1.82) is 0 Å². The summed E-state index contributed by atoms with van der Waals surface area (Å²) < 4.78 is 42.6. The highest BCUT2D eigenvalue weighted by molar-refractivity contribution is 6.03. The van der Waals surface area contributed by atoms with Gasteiger partial charge in [-0.05, 0) is 36.8 Å². The predicted molar refractivity (Wildman–Crippen MR) is 123 cm³/mol. The molecule has 0 aromatic heterocycles. The molecule has 0 N–H and O–H groups in total. The van der Waals surface area contributed by atoms with Crippen molar-refractivity contribution in [2.45, 2.75) is 91.9 Å². The zero-order valence-corrected chi connectivity index (χ0v) is 19.3. The number of hydrogen-bond acceptors (Lipinski definition) is 4. The van der Waals surface area contributed by atoms with E-state index < -0.39 is 47.2 Å². The van der Waals surface area contributed by atoms with Gasteiger partial charge in [-0.2, -0.15) is 0 Å². The number of benzene rings is 1. The highest BCUT2D eigenvalue weighted by Crippen LogP contribution is 2.14. The molecule has 0 spiro atoms. The fraction of sp³-hybridized carbons (Fsp3) is 0.692. The monoisotopic (exact) mass is 422 g/mol. The first-order valence-electron chi connectivity index (χ1n) is 13.5. The molecule has 0 fully saturated rings. The van der Waals surface area contributed by atoms with Crippen LogP contribution >= 0.6 is 0 Å². The lowest BCUT2D eigenvalue weighted by atomic mass is 10.0. The maximum atomic E-state index is 12.7. The van der Waals surface area contributed by atoms with E-state index >= 15 is 0 Å². The number of ether oxygens (including phenoxy) is 2. The van der Waals surface area contributed by atoms with E-state index in [2.05, 4.69) is 27.7 Å². The summed E-state index contributed by atoms with van der Waals surface area (Å²) in [6.07, 6.45) is 9.74. The quantitative estimate of drug-likeness (QED) is 0.208. The molecule has 4 nitrogen and oxygen atoms in total. The minimum absolute atomic E-state index is 0.133. The molecule has 4 heteroatoms. The fourth-order valence-electron chi connectivity index (χ4n) is 3.11. The molecule has 0 saturated carbocycles. The molecule has 0 saturated heterocycles. The minimum atomic E-state index is -0.921. The zero-order valence-electron chi connectivity index (χ0n) is 23.3. The van der Waals surface area contributed by atoms with E-state index in [1.165, 1.54) is 0 Å². The third-order valence-electron chi connectivity index (χ3n) is 4.91. The van der Waals surface area contributed by atoms with Crippen LogP contribution < -0.4 is 0 Å². The summed E-state index contributed by atoms with van der Waals surface area (Å²) in [6, 6.07) is -2.31. The van der Waals surface area contributed by atoms with Gasteiger partial charge in [-0.25, -0.2) is 9.59 Å². The molecular formula is C26H42O4. The number of unbranched alkanes of at least 4 members (excludes halogenated alkanes) is 6. The molecule has 0 aliphatic carbocycles.